The van der Waals surface area contributed by atoms with Gasteiger partial charge in [0.25, 0.3) is 5.91 Å². The van der Waals surface area contributed by atoms with Crippen molar-refractivity contribution >= 4 is 17.8 Å². The molecule has 0 unspecified atom stereocenters. The van der Waals surface area contributed by atoms with Gasteiger partial charge in [-0.3, -0.25) is 4.79 Å². The average Bonchev–Trinajstić information content (AvgIpc) is 2.81. The number of hydrogen-bond donors (Lipinski definition) is 3. The Kier molecular flexibility index (Phi) is 6.87. The summed E-state index contributed by atoms with van der Waals surface area (Å²) in [5, 5.41) is 21.0. The smallest absolute Gasteiger partial charge is 0.270 e. The Morgan fingerprint density at radius 3 is 2.68 bits per heavy atom. The molecule has 2 aromatic carbocycles. The van der Waals surface area contributed by atoms with Gasteiger partial charge in [-0.25, -0.2) is 0 Å². The molecule has 0 aliphatic carbocycles. The molecule has 2 aromatic rings. The Morgan fingerprint density at radius 1 is 1.26 bits per heavy atom. The van der Waals surface area contributed by atoms with E-state index in [4.69, 9.17) is 15.9 Å². The maximum atomic E-state index is 13.1. The first-order chi connectivity index (χ1) is 15.0. The maximum absolute atomic E-state index is 13.1. The van der Waals surface area contributed by atoms with Gasteiger partial charge in [0.2, 0.25) is 0 Å². The Morgan fingerprint density at radius 2 is 1.97 bits per heavy atom. The number of methoxy groups -OCH3 is 1. The molecule has 0 radical (unpaired) electrons. The average molecular weight is 417 g/mol. The summed E-state index contributed by atoms with van der Waals surface area (Å²) in [5.41, 5.74) is 9.45. The van der Waals surface area contributed by atoms with Crippen LogP contribution in [0.25, 0.3) is 5.41 Å². The topological polar surface area (TPSA) is 114 Å². The number of nitrogens with zero attached hydrogens (tertiary/aromatic N) is 2. The van der Waals surface area contributed by atoms with E-state index in [1.807, 2.05) is 30.3 Å². The molecule has 4 N–H and O–H groups in total. The van der Waals surface area contributed by atoms with Crippen molar-refractivity contribution in [3.05, 3.63) is 94.2 Å². The van der Waals surface area contributed by atoms with E-state index in [0.29, 0.717) is 30.0 Å². The van der Waals surface area contributed by atoms with E-state index in [9.17, 15) is 10.2 Å². The SMILES string of the molecule is CN/C=C(\C=[N-])[C@@H]1CN(C(=O)/C(N)=C/C(=N)c2ccccc2OC)Cc2ccccc21. The summed E-state index contributed by atoms with van der Waals surface area (Å²) >= 11 is 0. The fourth-order valence-corrected chi connectivity index (χ4v) is 3.79. The Hall–Kier alpha value is -3.87. The lowest BCUT2D eigenvalue weighted by Crippen LogP contribution is -2.41. The molecule has 0 saturated heterocycles. The number of benzene rings is 2. The predicted octanol–water partition coefficient (Wildman–Crippen LogP) is 2.78. The van der Waals surface area contributed by atoms with Gasteiger partial charge in [-0.1, -0.05) is 36.4 Å². The third-order valence-electron chi connectivity index (χ3n) is 5.29. The summed E-state index contributed by atoms with van der Waals surface area (Å²) in [7, 11) is 3.29. The number of amides is 1. The van der Waals surface area contributed by atoms with Gasteiger partial charge in [-0.2, -0.15) is 6.21 Å². The lowest BCUT2D eigenvalue weighted by atomic mass is 9.85. The first-order valence-corrected chi connectivity index (χ1v) is 9.91. The van der Waals surface area contributed by atoms with E-state index in [-0.39, 0.29) is 23.2 Å². The number of nitrogens with one attached hydrogen (secondary N) is 2. The Bertz CT molecular complexity index is 1060. The summed E-state index contributed by atoms with van der Waals surface area (Å²) in [4.78, 5) is 14.8. The van der Waals surface area contributed by atoms with Crippen molar-refractivity contribution < 1.29 is 9.53 Å². The second kappa shape index (κ2) is 9.75. The van der Waals surface area contributed by atoms with Gasteiger partial charge in [0, 0.05) is 31.6 Å². The molecule has 1 heterocycles. The van der Waals surface area contributed by atoms with Crippen LogP contribution in [-0.2, 0) is 11.3 Å². The van der Waals surface area contributed by atoms with Gasteiger partial charge < -0.3 is 31.5 Å². The van der Waals surface area contributed by atoms with Crippen LogP contribution in [0.1, 0.15) is 22.6 Å². The molecule has 3 rings (SSSR count). The Labute approximate surface area is 182 Å². The normalized spacial score (nSPS) is 16.3. The van der Waals surface area contributed by atoms with Crippen LogP contribution >= 0.6 is 0 Å². The molecule has 1 amide bonds. The van der Waals surface area contributed by atoms with Crippen LogP contribution in [-0.4, -0.2) is 43.4 Å². The highest BCUT2D eigenvalue weighted by atomic mass is 16.5. The van der Waals surface area contributed by atoms with Crippen LogP contribution in [0.2, 0.25) is 0 Å². The first kappa shape index (κ1) is 21.8. The zero-order valence-electron chi connectivity index (χ0n) is 17.6. The number of allylic oxidation sites excluding steroid dienone is 1. The van der Waals surface area contributed by atoms with Crippen molar-refractivity contribution in [2.24, 2.45) is 5.73 Å². The number of hydrogen-bond acceptors (Lipinski definition) is 5. The fourth-order valence-electron chi connectivity index (χ4n) is 3.79. The third kappa shape index (κ3) is 4.66. The van der Waals surface area contributed by atoms with Gasteiger partial charge in [0.15, 0.2) is 0 Å². The number of rotatable bonds is 7. The molecular formula is C24H26N5O2-. The lowest BCUT2D eigenvalue weighted by Gasteiger charge is -2.36. The minimum absolute atomic E-state index is 0.0267. The molecule has 1 aliphatic heterocycles. The van der Waals surface area contributed by atoms with E-state index in [1.165, 1.54) is 13.2 Å². The van der Waals surface area contributed by atoms with E-state index < -0.39 is 0 Å². The zero-order valence-corrected chi connectivity index (χ0v) is 17.6. The zero-order chi connectivity index (χ0) is 22.4. The van der Waals surface area contributed by atoms with E-state index in [2.05, 4.69) is 5.32 Å². The van der Waals surface area contributed by atoms with Crippen LogP contribution in [0.3, 0.4) is 0 Å². The molecule has 160 valence electrons. The molecule has 1 aliphatic rings. The second-order valence-corrected chi connectivity index (χ2v) is 7.21. The highest BCUT2D eigenvalue weighted by Crippen LogP contribution is 2.33. The molecule has 1 atom stereocenters. The fraction of sp³-hybridized carbons (Fsp3) is 0.208. The minimum Gasteiger partial charge on any atom is -0.810 e. The highest BCUT2D eigenvalue weighted by Gasteiger charge is 2.30. The van der Waals surface area contributed by atoms with Crippen molar-refractivity contribution in [3.63, 3.8) is 0 Å². The number of carbonyl (C=O) groups excluding carboxylic acids is 1. The maximum Gasteiger partial charge on any atom is 0.270 e. The van der Waals surface area contributed by atoms with Gasteiger partial charge in [-0.05, 0) is 41.1 Å². The number of carbonyl (C=O) groups is 1. The van der Waals surface area contributed by atoms with Crippen molar-refractivity contribution in [2.45, 2.75) is 12.5 Å². The van der Waals surface area contributed by atoms with Crippen LogP contribution < -0.4 is 15.8 Å². The second-order valence-electron chi connectivity index (χ2n) is 7.21. The van der Waals surface area contributed by atoms with Crippen molar-refractivity contribution in [1.29, 1.82) is 5.41 Å². The quantitative estimate of drug-likeness (QED) is 0.476. The summed E-state index contributed by atoms with van der Waals surface area (Å²) in [6.07, 6.45) is 4.13. The summed E-state index contributed by atoms with van der Waals surface area (Å²) in [6.45, 7) is 0.761. The molecular weight excluding hydrogens is 390 g/mol. The van der Waals surface area contributed by atoms with Crippen LogP contribution in [0.15, 0.2) is 72.1 Å². The van der Waals surface area contributed by atoms with Gasteiger partial charge in [0.1, 0.15) is 5.75 Å². The van der Waals surface area contributed by atoms with Crippen LogP contribution in [0, 0.1) is 5.41 Å². The van der Waals surface area contributed by atoms with Crippen LogP contribution in [0.4, 0.5) is 0 Å². The molecule has 7 nitrogen and oxygen atoms in total. The first-order valence-electron chi connectivity index (χ1n) is 9.91. The largest absolute Gasteiger partial charge is 0.810 e. The molecule has 0 bridgehead atoms. The molecule has 31 heavy (non-hydrogen) atoms. The molecule has 7 heteroatoms. The van der Waals surface area contributed by atoms with Gasteiger partial charge >= 0.3 is 0 Å². The molecule has 0 spiro atoms. The predicted molar refractivity (Wildman–Crippen MR) is 123 cm³/mol. The minimum atomic E-state index is -0.360. The Balaban J connectivity index is 1.89. The van der Waals surface area contributed by atoms with E-state index in [1.54, 1.807) is 36.3 Å². The monoisotopic (exact) mass is 416 g/mol. The number of nitrogens with two attached hydrogens (primary N) is 1. The van der Waals surface area contributed by atoms with Crippen molar-refractivity contribution in [1.82, 2.24) is 10.2 Å². The highest BCUT2D eigenvalue weighted by molar-refractivity contribution is 6.12. The molecule has 0 fully saturated rings. The lowest BCUT2D eigenvalue weighted by molar-refractivity contribution is -0.128. The number of fused-ring (bicyclic) bond motifs is 1. The molecule has 0 saturated carbocycles. The third-order valence-corrected chi connectivity index (χ3v) is 5.29. The number of para-hydroxylation sites is 1. The van der Waals surface area contributed by atoms with Crippen LogP contribution in [0.5, 0.6) is 5.75 Å². The van der Waals surface area contributed by atoms with Gasteiger partial charge in [0.05, 0.1) is 18.5 Å². The summed E-state index contributed by atoms with van der Waals surface area (Å²) in [6, 6.07) is 14.9. The van der Waals surface area contributed by atoms with E-state index in [0.717, 1.165) is 17.3 Å². The molecule has 0 aromatic heterocycles. The van der Waals surface area contributed by atoms with Crippen molar-refractivity contribution in [3.8, 4) is 5.75 Å². The number of ether oxygens (including phenoxy) is 1. The van der Waals surface area contributed by atoms with Gasteiger partial charge in [-0.15, -0.1) is 0 Å². The standard InChI is InChI=1S/C24H26N5O2/c1-28-13-17(12-25)20-15-29(14-16-7-3-4-8-18(16)20)24(30)22(27)11-21(26)19-9-5-6-10-23(19)31-2/h3-13,20,26,28H,14-15,27H2,1-2H3/q-1/b17-13+,22-11-,26-21?/t20-/m0/s1. The van der Waals surface area contributed by atoms with E-state index >= 15 is 0 Å². The summed E-state index contributed by atoms with van der Waals surface area (Å²) < 4.78 is 5.29. The summed E-state index contributed by atoms with van der Waals surface area (Å²) in [5.74, 6) is -0.0231. The van der Waals surface area contributed by atoms with Crippen molar-refractivity contribution in [2.75, 3.05) is 20.7 Å².